The monoisotopic (exact) mass is 268 g/mol. The molecule has 1 atom stereocenters. The molecule has 0 aliphatic rings. The molecule has 104 valence electrons. The van der Waals surface area contributed by atoms with Crippen LogP contribution in [0.25, 0.3) is 0 Å². The largest absolute Gasteiger partial charge is 0.392 e. The number of hydrogen-bond acceptors (Lipinski definition) is 2. The fourth-order valence-electron chi connectivity index (χ4n) is 2.88. The van der Waals surface area contributed by atoms with Crippen molar-refractivity contribution in [1.29, 1.82) is 0 Å². The maximum Gasteiger partial charge on any atom is 0.150 e. The topological polar surface area (TPSA) is 37.3 Å². The quantitative estimate of drug-likeness (QED) is 0.903. The highest BCUT2D eigenvalue weighted by atomic mass is 16.3. The molecule has 2 heteroatoms. The van der Waals surface area contributed by atoms with Gasteiger partial charge in [-0.05, 0) is 18.1 Å². The molecule has 0 saturated heterocycles. The lowest BCUT2D eigenvalue weighted by atomic mass is 9.67. The average molecular weight is 268 g/mol. The van der Waals surface area contributed by atoms with E-state index in [0.717, 1.165) is 11.1 Å². The number of benzene rings is 2. The summed E-state index contributed by atoms with van der Waals surface area (Å²) in [7, 11) is 0. The maximum absolute atomic E-state index is 12.7. The summed E-state index contributed by atoms with van der Waals surface area (Å²) >= 11 is 0. The van der Waals surface area contributed by atoms with Gasteiger partial charge in [0.2, 0.25) is 0 Å². The Hall–Kier alpha value is -1.93. The molecular formula is C18H20O2. The van der Waals surface area contributed by atoms with Gasteiger partial charge in [0, 0.05) is 6.42 Å². The van der Waals surface area contributed by atoms with Crippen molar-refractivity contribution >= 4 is 5.78 Å². The molecule has 1 N–H and O–H groups in total. The lowest BCUT2D eigenvalue weighted by Gasteiger charge is -2.36. The van der Waals surface area contributed by atoms with Gasteiger partial charge in [-0.25, -0.2) is 0 Å². The van der Waals surface area contributed by atoms with Crippen LogP contribution >= 0.6 is 0 Å². The van der Waals surface area contributed by atoms with Crippen LogP contribution in [0.1, 0.15) is 31.4 Å². The number of Topliss-reactive ketones (excluding diaryl/α,β-unsaturated/α-hetero) is 1. The zero-order chi connectivity index (χ0) is 14.6. The third kappa shape index (κ3) is 2.27. The molecule has 2 nitrogen and oxygen atoms in total. The average Bonchev–Trinajstić information content (AvgIpc) is 2.49. The van der Waals surface area contributed by atoms with Crippen LogP contribution in [-0.4, -0.2) is 17.0 Å². The van der Waals surface area contributed by atoms with Crippen LogP contribution in [0, 0.1) is 0 Å². The molecule has 2 rings (SSSR count). The number of carbonyl (C=O) groups is 1. The van der Waals surface area contributed by atoms with Crippen LogP contribution in [0.15, 0.2) is 60.7 Å². The Morgan fingerprint density at radius 1 is 1.00 bits per heavy atom. The van der Waals surface area contributed by atoms with Gasteiger partial charge in [0.15, 0.2) is 0 Å². The molecule has 0 aliphatic carbocycles. The molecule has 0 amide bonds. The van der Waals surface area contributed by atoms with Gasteiger partial charge in [-0.2, -0.15) is 0 Å². The van der Waals surface area contributed by atoms with E-state index >= 15 is 0 Å². The molecular weight excluding hydrogens is 248 g/mol. The van der Waals surface area contributed by atoms with Gasteiger partial charge in [0.25, 0.3) is 0 Å². The fraction of sp³-hybridized carbons (Fsp3) is 0.278. The summed E-state index contributed by atoms with van der Waals surface area (Å²) in [6, 6.07) is 19.1. The summed E-state index contributed by atoms with van der Waals surface area (Å²) in [5.74, 6) is 0.0323. The molecule has 0 heterocycles. The lowest BCUT2D eigenvalue weighted by molar-refractivity contribution is -0.126. The van der Waals surface area contributed by atoms with Crippen LogP contribution in [-0.2, 0) is 10.2 Å². The molecule has 0 bridgehead atoms. The molecule has 0 radical (unpaired) electrons. The van der Waals surface area contributed by atoms with E-state index in [0.29, 0.717) is 6.42 Å². The van der Waals surface area contributed by atoms with Crippen LogP contribution in [0.3, 0.4) is 0 Å². The van der Waals surface area contributed by atoms with E-state index in [1.807, 2.05) is 67.6 Å². The van der Waals surface area contributed by atoms with Gasteiger partial charge >= 0.3 is 0 Å². The van der Waals surface area contributed by atoms with E-state index in [9.17, 15) is 9.90 Å². The minimum atomic E-state index is -0.989. The summed E-state index contributed by atoms with van der Waals surface area (Å²) in [5, 5.41) is 10.5. The highest BCUT2D eigenvalue weighted by molar-refractivity contribution is 5.94. The SMILES string of the molecule is CCC(=O)C(c1ccccc1)(c1ccccc1)C(C)O. The minimum Gasteiger partial charge on any atom is -0.392 e. The third-order valence-corrected chi connectivity index (χ3v) is 3.85. The van der Waals surface area contributed by atoms with E-state index in [2.05, 4.69) is 0 Å². The Morgan fingerprint density at radius 2 is 1.40 bits per heavy atom. The summed E-state index contributed by atoms with van der Waals surface area (Å²) in [4.78, 5) is 12.7. The van der Waals surface area contributed by atoms with E-state index in [1.165, 1.54) is 0 Å². The molecule has 2 aromatic carbocycles. The van der Waals surface area contributed by atoms with Crippen molar-refractivity contribution in [3.8, 4) is 0 Å². The second kappa shape index (κ2) is 6.02. The van der Waals surface area contributed by atoms with Crippen molar-refractivity contribution in [2.45, 2.75) is 31.8 Å². The first-order chi connectivity index (χ1) is 9.64. The predicted octanol–water partition coefficient (Wildman–Crippen LogP) is 3.33. The van der Waals surface area contributed by atoms with Crippen LogP contribution in [0.4, 0.5) is 0 Å². The van der Waals surface area contributed by atoms with Gasteiger partial charge in [0.1, 0.15) is 11.2 Å². The second-order valence-corrected chi connectivity index (χ2v) is 4.99. The van der Waals surface area contributed by atoms with Crippen molar-refractivity contribution < 1.29 is 9.90 Å². The standard InChI is InChI=1S/C18H20O2/c1-3-17(20)18(14(2)19,15-10-6-4-7-11-15)16-12-8-5-9-13-16/h4-14,19H,3H2,1-2H3. The van der Waals surface area contributed by atoms with Gasteiger partial charge in [-0.1, -0.05) is 67.6 Å². The van der Waals surface area contributed by atoms with Crippen LogP contribution in [0.5, 0.6) is 0 Å². The first-order valence-corrected chi connectivity index (χ1v) is 6.96. The van der Waals surface area contributed by atoms with E-state index in [1.54, 1.807) is 6.92 Å². The van der Waals surface area contributed by atoms with Gasteiger partial charge in [0.05, 0.1) is 6.10 Å². The number of aliphatic hydroxyl groups excluding tert-OH is 1. The first kappa shape index (κ1) is 14.5. The highest BCUT2D eigenvalue weighted by Gasteiger charge is 2.44. The lowest BCUT2D eigenvalue weighted by Crippen LogP contribution is -2.46. The summed E-state index contributed by atoms with van der Waals surface area (Å²) in [6.07, 6.45) is -0.408. The van der Waals surface area contributed by atoms with Crippen molar-refractivity contribution in [2.24, 2.45) is 0 Å². The second-order valence-electron chi connectivity index (χ2n) is 4.99. The smallest absolute Gasteiger partial charge is 0.150 e. The zero-order valence-corrected chi connectivity index (χ0v) is 11.9. The normalized spacial score (nSPS) is 12.9. The summed E-state index contributed by atoms with van der Waals surface area (Å²) in [5.41, 5.74) is 0.693. The number of carbonyl (C=O) groups excluding carboxylic acids is 1. The summed E-state index contributed by atoms with van der Waals surface area (Å²) < 4.78 is 0. The Labute approximate surface area is 120 Å². The van der Waals surface area contributed by atoms with E-state index < -0.39 is 11.5 Å². The van der Waals surface area contributed by atoms with Crippen LogP contribution in [0.2, 0.25) is 0 Å². The molecule has 0 aromatic heterocycles. The fourth-order valence-corrected chi connectivity index (χ4v) is 2.88. The number of hydrogen-bond donors (Lipinski definition) is 1. The van der Waals surface area contributed by atoms with Crippen molar-refractivity contribution in [3.63, 3.8) is 0 Å². The van der Waals surface area contributed by atoms with Gasteiger partial charge < -0.3 is 5.11 Å². The molecule has 1 unspecified atom stereocenters. The third-order valence-electron chi connectivity index (χ3n) is 3.85. The minimum absolute atomic E-state index is 0.0323. The highest BCUT2D eigenvalue weighted by Crippen LogP contribution is 2.37. The zero-order valence-electron chi connectivity index (χ0n) is 11.9. The molecule has 20 heavy (non-hydrogen) atoms. The molecule has 0 saturated carbocycles. The predicted molar refractivity (Wildman–Crippen MR) is 80.6 cm³/mol. The Balaban J connectivity index is 2.73. The Kier molecular flexibility index (Phi) is 4.35. The van der Waals surface area contributed by atoms with E-state index in [-0.39, 0.29) is 5.78 Å². The van der Waals surface area contributed by atoms with Crippen molar-refractivity contribution in [3.05, 3.63) is 71.8 Å². The maximum atomic E-state index is 12.7. The Morgan fingerprint density at radius 3 is 1.70 bits per heavy atom. The molecule has 0 spiro atoms. The molecule has 0 fully saturated rings. The first-order valence-electron chi connectivity index (χ1n) is 6.96. The number of ketones is 1. The van der Waals surface area contributed by atoms with Gasteiger partial charge in [-0.3, -0.25) is 4.79 Å². The summed E-state index contributed by atoms with van der Waals surface area (Å²) in [6.45, 7) is 3.53. The van der Waals surface area contributed by atoms with Gasteiger partial charge in [-0.15, -0.1) is 0 Å². The number of aliphatic hydroxyl groups is 1. The Bertz CT molecular complexity index is 519. The van der Waals surface area contributed by atoms with Crippen molar-refractivity contribution in [1.82, 2.24) is 0 Å². The van der Waals surface area contributed by atoms with Crippen LogP contribution < -0.4 is 0 Å². The molecule has 2 aromatic rings. The van der Waals surface area contributed by atoms with E-state index in [4.69, 9.17) is 0 Å². The molecule has 0 aliphatic heterocycles. The number of rotatable bonds is 5. The van der Waals surface area contributed by atoms with Crippen molar-refractivity contribution in [2.75, 3.05) is 0 Å².